The van der Waals surface area contributed by atoms with Gasteiger partial charge in [0.2, 0.25) is 0 Å². The molecule has 58 valence electrons. The summed E-state index contributed by atoms with van der Waals surface area (Å²) in [6, 6.07) is 4.11. The zero-order chi connectivity index (χ0) is 7.97. The molecule has 0 spiro atoms. The van der Waals surface area contributed by atoms with Gasteiger partial charge in [-0.3, -0.25) is 9.98 Å². The first-order chi connectivity index (χ1) is 5.95. The van der Waals surface area contributed by atoms with Gasteiger partial charge in [0.05, 0.1) is 11.4 Å². The molecule has 2 heteroatoms. The lowest BCUT2D eigenvalue weighted by atomic mass is 10.0. The summed E-state index contributed by atoms with van der Waals surface area (Å²) in [6.45, 7) is 0. The van der Waals surface area contributed by atoms with Crippen LogP contribution in [-0.4, -0.2) is 12.4 Å². The van der Waals surface area contributed by atoms with Crippen molar-refractivity contribution in [1.29, 1.82) is 0 Å². The largest absolute Gasteiger partial charge is 0.261 e. The van der Waals surface area contributed by atoms with Crippen LogP contribution in [0.2, 0.25) is 0 Å². The van der Waals surface area contributed by atoms with E-state index in [9.17, 15) is 0 Å². The van der Waals surface area contributed by atoms with Crippen LogP contribution in [-0.2, 0) is 12.8 Å². The molecule has 2 nitrogen and oxygen atoms in total. The first-order valence-corrected chi connectivity index (χ1v) is 4.15. The third-order valence-corrected chi connectivity index (χ3v) is 2.43. The minimum absolute atomic E-state index is 0.988. The maximum absolute atomic E-state index is 4.30. The summed E-state index contributed by atoms with van der Waals surface area (Å²) in [5.74, 6) is 0. The highest BCUT2D eigenvalue weighted by Gasteiger charge is 2.16. The quantitative estimate of drug-likeness (QED) is 0.550. The van der Waals surface area contributed by atoms with E-state index in [-0.39, 0.29) is 0 Å². The van der Waals surface area contributed by atoms with Crippen molar-refractivity contribution in [3.8, 4) is 0 Å². The Bertz CT molecular complexity index is 364. The van der Waals surface area contributed by atoms with Gasteiger partial charge in [0, 0.05) is 25.3 Å². The second-order valence-corrected chi connectivity index (χ2v) is 3.09. The van der Waals surface area contributed by atoms with Crippen molar-refractivity contribution in [3.05, 3.63) is 23.3 Å². The molecule has 0 aromatic heterocycles. The molecule has 0 amide bonds. The fourth-order valence-electron chi connectivity index (χ4n) is 1.84. The Kier molecular flexibility index (Phi) is 1.04. The molecule has 0 saturated heterocycles. The van der Waals surface area contributed by atoms with Gasteiger partial charge in [-0.05, 0) is 23.3 Å². The summed E-state index contributed by atoms with van der Waals surface area (Å²) < 4.78 is 0. The Labute approximate surface area is 70.7 Å². The van der Waals surface area contributed by atoms with Crippen LogP contribution < -0.4 is 0 Å². The number of hydrogen-bond donors (Lipinski definition) is 0. The monoisotopic (exact) mass is 156 g/mol. The van der Waals surface area contributed by atoms with E-state index >= 15 is 0 Å². The van der Waals surface area contributed by atoms with Gasteiger partial charge in [-0.2, -0.15) is 0 Å². The van der Waals surface area contributed by atoms with Gasteiger partial charge in [-0.15, -0.1) is 0 Å². The van der Waals surface area contributed by atoms with E-state index in [1.807, 2.05) is 12.4 Å². The highest BCUT2D eigenvalue weighted by atomic mass is 14.8. The molecule has 0 bridgehead atoms. The highest BCUT2D eigenvalue weighted by Crippen LogP contribution is 2.35. The van der Waals surface area contributed by atoms with Crippen molar-refractivity contribution >= 4 is 23.8 Å². The van der Waals surface area contributed by atoms with E-state index in [0.29, 0.717) is 0 Å². The summed E-state index contributed by atoms with van der Waals surface area (Å²) >= 11 is 0. The molecule has 1 aromatic rings. The van der Waals surface area contributed by atoms with Crippen LogP contribution in [0.1, 0.15) is 11.1 Å². The normalized spacial score (nSPS) is 16.7. The summed E-state index contributed by atoms with van der Waals surface area (Å²) in [7, 11) is 0. The van der Waals surface area contributed by atoms with E-state index < -0.39 is 0 Å². The zero-order valence-corrected chi connectivity index (χ0v) is 6.62. The van der Waals surface area contributed by atoms with E-state index in [2.05, 4.69) is 22.1 Å². The molecule has 2 aliphatic heterocycles. The van der Waals surface area contributed by atoms with Crippen molar-refractivity contribution in [1.82, 2.24) is 0 Å². The Hall–Kier alpha value is -1.44. The van der Waals surface area contributed by atoms with Gasteiger partial charge in [0.1, 0.15) is 0 Å². The van der Waals surface area contributed by atoms with Gasteiger partial charge in [-0.1, -0.05) is 0 Å². The number of rotatable bonds is 0. The minimum Gasteiger partial charge on any atom is -0.261 e. The summed E-state index contributed by atoms with van der Waals surface area (Å²) in [6.07, 6.45) is 5.93. The van der Waals surface area contributed by atoms with E-state index in [1.165, 1.54) is 11.1 Å². The van der Waals surface area contributed by atoms with Crippen LogP contribution >= 0.6 is 0 Å². The van der Waals surface area contributed by atoms with E-state index in [0.717, 1.165) is 24.2 Å². The molecular formula is C10H8N2. The topological polar surface area (TPSA) is 24.7 Å². The van der Waals surface area contributed by atoms with Crippen LogP contribution in [0.5, 0.6) is 0 Å². The molecule has 0 N–H and O–H groups in total. The van der Waals surface area contributed by atoms with Crippen molar-refractivity contribution in [2.24, 2.45) is 9.98 Å². The lowest BCUT2D eigenvalue weighted by Crippen LogP contribution is -1.88. The predicted molar refractivity (Wildman–Crippen MR) is 50.2 cm³/mol. The number of hydrogen-bond acceptors (Lipinski definition) is 2. The van der Waals surface area contributed by atoms with Gasteiger partial charge in [0.25, 0.3) is 0 Å². The first-order valence-electron chi connectivity index (χ1n) is 4.15. The Balaban J connectivity index is 2.30. The molecule has 0 saturated carbocycles. The first kappa shape index (κ1) is 6.12. The number of nitrogens with zero attached hydrogens (tertiary/aromatic N) is 2. The third-order valence-electron chi connectivity index (χ3n) is 2.43. The smallest absolute Gasteiger partial charge is 0.0665 e. The highest BCUT2D eigenvalue weighted by molar-refractivity contribution is 5.85. The number of fused-ring (bicyclic) bond motifs is 3. The van der Waals surface area contributed by atoms with Crippen molar-refractivity contribution < 1.29 is 0 Å². The molecule has 0 radical (unpaired) electrons. The molecule has 0 aliphatic carbocycles. The van der Waals surface area contributed by atoms with Crippen LogP contribution in [0.15, 0.2) is 22.1 Å². The number of aliphatic imine (C=N–C) groups is 2. The Morgan fingerprint density at radius 1 is 0.833 bits per heavy atom. The molecule has 1 aromatic carbocycles. The lowest BCUT2D eigenvalue weighted by Gasteiger charge is -2.03. The van der Waals surface area contributed by atoms with Gasteiger partial charge >= 0.3 is 0 Å². The molecule has 2 aliphatic rings. The van der Waals surface area contributed by atoms with Crippen molar-refractivity contribution in [2.45, 2.75) is 12.8 Å². The maximum atomic E-state index is 4.30. The average Bonchev–Trinajstić information content (AvgIpc) is 2.71. The third kappa shape index (κ3) is 0.644. The molecule has 12 heavy (non-hydrogen) atoms. The Morgan fingerprint density at radius 3 is 1.83 bits per heavy atom. The van der Waals surface area contributed by atoms with Gasteiger partial charge in [0.15, 0.2) is 0 Å². The maximum Gasteiger partial charge on any atom is 0.0665 e. The van der Waals surface area contributed by atoms with E-state index in [4.69, 9.17) is 0 Å². The van der Waals surface area contributed by atoms with Crippen LogP contribution in [0.4, 0.5) is 11.4 Å². The second kappa shape index (κ2) is 2.03. The van der Waals surface area contributed by atoms with Crippen LogP contribution in [0, 0.1) is 0 Å². The fourth-order valence-corrected chi connectivity index (χ4v) is 1.84. The van der Waals surface area contributed by atoms with Gasteiger partial charge in [-0.25, -0.2) is 0 Å². The van der Waals surface area contributed by atoms with Crippen LogP contribution in [0.3, 0.4) is 0 Å². The van der Waals surface area contributed by atoms with Crippen LogP contribution in [0.25, 0.3) is 0 Å². The fraction of sp³-hybridized carbons (Fsp3) is 0.200. The molecule has 0 atom stereocenters. The standard InChI is InChI=1S/C10H8N2/c1-2-10-8(4-6-12-10)7-3-5-11-9(1)7/h1-2,5-6H,3-4H2. The van der Waals surface area contributed by atoms with E-state index in [1.54, 1.807) is 0 Å². The molecule has 0 unspecified atom stereocenters. The summed E-state index contributed by atoms with van der Waals surface area (Å²) in [4.78, 5) is 8.59. The minimum atomic E-state index is 0.988. The molecule has 0 fully saturated rings. The molecular weight excluding hydrogens is 148 g/mol. The van der Waals surface area contributed by atoms with Crippen molar-refractivity contribution in [3.63, 3.8) is 0 Å². The van der Waals surface area contributed by atoms with Gasteiger partial charge < -0.3 is 0 Å². The lowest BCUT2D eigenvalue weighted by molar-refractivity contribution is 1.28. The second-order valence-electron chi connectivity index (χ2n) is 3.09. The predicted octanol–water partition coefficient (Wildman–Crippen LogP) is 2.20. The molecule has 2 heterocycles. The SMILES string of the molecule is C1=Nc2ccc3c(c2C1)CC=N3. The number of benzene rings is 1. The average molecular weight is 156 g/mol. The zero-order valence-electron chi connectivity index (χ0n) is 6.62. The van der Waals surface area contributed by atoms with Crippen molar-refractivity contribution in [2.75, 3.05) is 0 Å². The molecule has 3 rings (SSSR count). The summed E-state index contributed by atoms with van der Waals surface area (Å²) in [5, 5.41) is 0. The summed E-state index contributed by atoms with van der Waals surface area (Å²) in [5.41, 5.74) is 5.04. The Morgan fingerprint density at radius 2 is 1.33 bits per heavy atom.